The number of nitrogens with one attached hydrogen (secondary N) is 1. The van der Waals surface area contributed by atoms with Crippen molar-refractivity contribution in [3.8, 4) is 0 Å². The first-order valence-corrected chi connectivity index (χ1v) is 9.40. The quantitative estimate of drug-likeness (QED) is 0.708. The number of rotatable bonds is 6. The first kappa shape index (κ1) is 14.9. The molecule has 0 aromatic heterocycles. The summed E-state index contributed by atoms with van der Waals surface area (Å²) in [6.45, 7) is 6.13. The second-order valence-electron chi connectivity index (χ2n) is 8.65. The van der Waals surface area contributed by atoms with Crippen LogP contribution in [0.25, 0.3) is 0 Å². The van der Waals surface area contributed by atoms with Crippen molar-refractivity contribution in [2.45, 2.75) is 90.5 Å². The van der Waals surface area contributed by atoms with E-state index in [1.807, 2.05) is 0 Å². The van der Waals surface area contributed by atoms with Crippen molar-refractivity contribution >= 4 is 0 Å². The smallest absolute Gasteiger partial charge is 0.00700 e. The van der Waals surface area contributed by atoms with Crippen molar-refractivity contribution in [3.63, 3.8) is 0 Å². The maximum absolute atomic E-state index is 4.02. The molecule has 0 radical (unpaired) electrons. The summed E-state index contributed by atoms with van der Waals surface area (Å²) in [4.78, 5) is 0. The van der Waals surface area contributed by atoms with Gasteiger partial charge in [0.1, 0.15) is 0 Å². The van der Waals surface area contributed by atoms with E-state index in [1.165, 1.54) is 77.2 Å². The second kappa shape index (κ2) is 6.38. The van der Waals surface area contributed by atoms with Crippen LogP contribution in [0.1, 0.15) is 84.5 Å². The van der Waals surface area contributed by atoms with E-state index in [1.54, 1.807) is 0 Å². The van der Waals surface area contributed by atoms with Crippen molar-refractivity contribution in [2.24, 2.45) is 23.2 Å². The highest BCUT2D eigenvalue weighted by molar-refractivity contribution is 4.91. The minimum Gasteiger partial charge on any atom is -0.313 e. The molecule has 0 amide bonds. The Balaban J connectivity index is 1.49. The molecule has 3 aliphatic rings. The first-order valence-electron chi connectivity index (χ1n) is 9.40. The summed E-state index contributed by atoms with van der Waals surface area (Å²) < 4.78 is 0. The summed E-state index contributed by atoms with van der Waals surface area (Å²) in [5.74, 6) is 3.06. The van der Waals surface area contributed by atoms with Gasteiger partial charge in [0.05, 0.1) is 0 Å². The summed E-state index contributed by atoms with van der Waals surface area (Å²) in [6, 6.07) is 0.846. The molecule has 0 aliphatic heterocycles. The molecule has 2 unspecified atom stereocenters. The molecule has 116 valence electrons. The van der Waals surface area contributed by atoms with E-state index in [0.717, 1.165) is 23.8 Å². The van der Waals surface area contributed by atoms with E-state index in [-0.39, 0.29) is 0 Å². The highest BCUT2D eigenvalue weighted by atomic mass is 14.9. The van der Waals surface area contributed by atoms with Gasteiger partial charge in [-0.3, -0.25) is 0 Å². The molecule has 20 heavy (non-hydrogen) atoms. The third-order valence-corrected chi connectivity index (χ3v) is 6.27. The molecular formula is C19H35N. The molecule has 1 N–H and O–H groups in total. The Bertz CT molecular complexity index is 299. The number of hydrogen-bond acceptors (Lipinski definition) is 1. The van der Waals surface area contributed by atoms with Crippen LogP contribution in [0.2, 0.25) is 0 Å². The van der Waals surface area contributed by atoms with Crippen LogP contribution >= 0.6 is 0 Å². The monoisotopic (exact) mass is 277 g/mol. The third-order valence-electron chi connectivity index (χ3n) is 6.27. The van der Waals surface area contributed by atoms with E-state index in [0.29, 0.717) is 5.41 Å². The molecule has 1 heteroatoms. The van der Waals surface area contributed by atoms with Gasteiger partial charge < -0.3 is 5.32 Å². The Morgan fingerprint density at radius 2 is 1.70 bits per heavy atom. The van der Waals surface area contributed by atoms with Crippen LogP contribution in [0.4, 0.5) is 0 Å². The van der Waals surface area contributed by atoms with Crippen LogP contribution < -0.4 is 5.32 Å². The fourth-order valence-corrected chi connectivity index (χ4v) is 5.21. The highest BCUT2D eigenvalue weighted by Gasteiger charge is 2.37. The second-order valence-corrected chi connectivity index (χ2v) is 8.65. The molecule has 3 rings (SSSR count). The van der Waals surface area contributed by atoms with Crippen molar-refractivity contribution in [2.75, 3.05) is 6.54 Å². The maximum Gasteiger partial charge on any atom is 0.00700 e. The summed E-state index contributed by atoms with van der Waals surface area (Å²) in [5.41, 5.74) is 0.653. The fraction of sp³-hybridized carbons (Fsp3) is 1.00. The largest absolute Gasteiger partial charge is 0.313 e. The summed E-state index contributed by atoms with van der Waals surface area (Å²) in [7, 11) is 0. The minimum atomic E-state index is 0.653. The zero-order chi connectivity index (χ0) is 14.0. The maximum atomic E-state index is 4.02. The molecule has 3 aliphatic carbocycles. The molecule has 0 heterocycles. The number of hydrogen-bond donors (Lipinski definition) is 1. The first-order chi connectivity index (χ1) is 9.67. The minimum absolute atomic E-state index is 0.653. The van der Waals surface area contributed by atoms with Crippen LogP contribution in [0.15, 0.2) is 0 Å². The van der Waals surface area contributed by atoms with Crippen molar-refractivity contribution in [1.29, 1.82) is 0 Å². The van der Waals surface area contributed by atoms with Gasteiger partial charge in [0, 0.05) is 12.6 Å². The lowest BCUT2D eigenvalue weighted by Crippen LogP contribution is -2.41. The van der Waals surface area contributed by atoms with E-state index in [4.69, 9.17) is 0 Å². The van der Waals surface area contributed by atoms with Gasteiger partial charge in [-0.25, -0.2) is 0 Å². The predicted molar refractivity (Wildman–Crippen MR) is 86.8 cm³/mol. The van der Waals surface area contributed by atoms with Gasteiger partial charge in [-0.2, -0.15) is 0 Å². The zero-order valence-electron chi connectivity index (χ0n) is 13.8. The van der Waals surface area contributed by atoms with E-state index >= 15 is 0 Å². The molecule has 0 saturated heterocycles. The Morgan fingerprint density at radius 3 is 2.35 bits per heavy atom. The predicted octanol–water partition coefficient (Wildman–Crippen LogP) is 5.15. The average molecular weight is 277 g/mol. The lowest BCUT2D eigenvalue weighted by Gasteiger charge is -2.36. The van der Waals surface area contributed by atoms with E-state index in [2.05, 4.69) is 19.2 Å². The van der Waals surface area contributed by atoms with Gasteiger partial charge >= 0.3 is 0 Å². The molecule has 0 aromatic rings. The van der Waals surface area contributed by atoms with Gasteiger partial charge in [0.2, 0.25) is 0 Å². The normalized spacial score (nSPS) is 33.8. The van der Waals surface area contributed by atoms with Crippen molar-refractivity contribution < 1.29 is 0 Å². The Morgan fingerprint density at radius 1 is 0.950 bits per heavy atom. The Kier molecular flexibility index (Phi) is 4.75. The van der Waals surface area contributed by atoms with Crippen molar-refractivity contribution in [1.82, 2.24) is 5.32 Å². The van der Waals surface area contributed by atoms with Gasteiger partial charge in [-0.15, -0.1) is 0 Å². The standard InChI is InChI=1S/C19H35N/c1-15(2)13-19(10-3-4-11-19)14-20-18-7-5-6-17(12-18)16-8-9-16/h15-18,20H,3-14H2,1-2H3. The molecule has 0 bridgehead atoms. The van der Waals surface area contributed by atoms with Crippen molar-refractivity contribution in [3.05, 3.63) is 0 Å². The molecule has 0 aromatic carbocycles. The van der Waals surface area contributed by atoms with Crippen LogP contribution in [-0.4, -0.2) is 12.6 Å². The van der Waals surface area contributed by atoms with Crippen LogP contribution in [0.5, 0.6) is 0 Å². The molecule has 3 fully saturated rings. The van der Waals surface area contributed by atoms with Gasteiger partial charge in [-0.1, -0.05) is 39.5 Å². The molecular weight excluding hydrogens is 242 g/mol. The van der Waals surface area contributed by atoms with Gasteiger partial charge in [0.15, 0.2) is 0 Å². The van der Waals surface area contributed by atoms with E-state index < -0.39 is 0 Å². The fourth-order valence-electron chi connectivity index (χ4n) is 5.21. The summed E-state index contributed by atoms with van der Waals surface area (Å²) in [5, 5.41) is 4.02. The highest BCUT2D eigenvalue weighted by Crippen LogP contribution is 2.45. The lowest BCUT2D eigenvalue weighted by molar-refractivity contribution is 0.189. The summed E-state index contributed by atoms with van der Waals surface area (Å²) >= 11 is 0. The van der Waals surface area contributed by atoms with Gasteiger partial charge in [-0.05, 0) is 68.1 Å². The molecule has 1 nitrogen and oxygen atoms in total. The topological polar surface area (TPSA) is 12.0 Å². The van der Waals surface area contributed by atoms with Crippen LogP contribution in [0, 0.1) is 23.2 Å². The third kappa shape index (κ3) is 3.78. The average Bonchev–Trinajstić information content (AvgIpc) is 3.18. The summed E-state index contributed by atoms with van der Waals surface area (Å²) in [6.07, 6.45) is 16.4. The Hall–Kier alpha value is -0.0400. The Labute approximate surface area is 126 Å². The zero-order valence-corrected chi connectivity index (χ0v) is 13.8. The molecule has 2 atom stereocenters. The molecule has 0 spiro atoms. The van der Waals surface area contributed by atoms with Crippen LogP contribution in [-0.2, 0) is 0 Å². The lowest BCUT2D eigenvalue weighted by atomic mass is 9.77. The molecule has 3 saturated carbocycles. The van der Waals surface area contributed by atoms with Crippen LogP contribution in [0.3, 0.4) is 0 Å². The van der Waals surface area contributed by atoms with Gasteiger partial charge in [0.25, 0.3) is 0 Å². The SMILES string of the molecule is CC(C)CC1(CNC2CCCC(C3CC3)C2)CCCC1. The van der Waals surface area contributed by atoms with E-state index in [9.17, 15) is 0 Å².